The van der Waals surface area contributed by atoms with E-state index in [1.54, 1.807) is 4.52 Å². The zero-order valence-electron chi connectivity index (χ0n) is 17.4. The number of amides is 1. The number of fused-ring (bicyclic) bond motifs is 1. The van der Waals surface area contributed by atoms with Crippen molar-refractivity contribution in [2.45, 2.75) is 26.2 Å². The van der Waals surface area contributed by atoms with E-state index < -0.39 is 0 Å². The van der Waals surface area contributed by atoms with Crippen molar-refractivity contribution in [2.75, 3.05) is 17.2 Å². The molecule has 2 aliphatic rings. The van der Waals surface area contributed by atoms with Crippen molar-refractivity contribution in [2.24, 2.45) is 5.92 Å². The summed E-state index contributed by atoms with van der Waals surface area (Å²) in [6.45, 7) is 2.86. The average molecular weight is 412 g/mol. The van der Waals surface area contributed by atoms with Gasteiger partial charge in [-0.3, -0.25) is 10.1 Å². The fourth-order valence-electron chi connectivity index (χ4n) is 3.54. The van der Waals surface area contributed by atoms with E-state index in [-0.39, 0.29) is 11.8 Å². The quantitative estimate of drug-likeness (QED) is 0.628. The van der Waals surface area contributed by atoms with Crippen LogP contribution in [-0.2, 0) is 4.79 Å². The van der Waals surface area contributed by atoms with E-state index >= 15 is 0 Å². The fourth-order valence-corrected chi connectivity index (χ4v) is 3.54. The van der Waals surface area contributed by atoms with Crippen LogP contribution in [0.3, 0.4) is 0 Å². The second-order valence-electron chi connectivity index (χ2n) is 7.91. The van der Waals surface area contributed by atoms with Gasteiger partial charge in [0.15, 0.2) is 5.65 Å². The van der Waals surface area contributed by atoms with Crippen LogP contribution in [0.25, 0.3) is 16.9 Å². The number of aromatic nitrogens is 4. The number of anilines is 2. The number of rotatable bonds is 6. The predicted molar refractivity (Wildman–Crippen MR) is 122 cm³/mol. The van der Waals surface area contributed by atoms with Crippen LogP contribution in [0.5, 0.6) is 0 Å². The van der Waals surface area contributed by atoms with Crippen molar-refractivity contribution < 1.29 is 4.79 Å². The number of nitrogens with one attached hydrogen (secondary N) is 2. The number of pyridine rings is 2. The van der Waals surface area contributed by atoms with Crippen LogP contribution >= 0.6 is 0 Å². The van der Waals surface area contributed by atoms with Gasteiger partial charge in [-0.25, -0.2) is 9.50 Å². The molecule has 0 atom stereocenters. The Hall–Kier alpha value is -3.74. The molecule has 1 fully saturated rings. The summed E-state index contributed by atoms with van der Waals surface area (Å²) in [4.78, 5) is 21.0. The van der Waals surface area contributed by atoms with E-state index in [4.69, 9.17) is 0 Å². The summed E-state index contributed by atoms with van der Waals surface area (Å²) in [5.41, 5.74) is 5.02. The number of carbonyl (C=O) groups excluding carboxylic acids is 1. The average Bonchev–Trinajstić information content (AvgIpc) is 3.58. The summed E-state index contributed by atoms with van der Waals surface area (Å²) in [7, 11) is 0. The molecule has 3 aromatic heterocycles. The number of carbonyl (C=O) groups is 1. The molecule has 0 aromatic carbocycles. The predicted octanol–water partition coefficient (Wildman–Crippen LogP) is 4.38. The molecule has 31 heavy (non-hydrogen) atoms. The smallest absolute Gasteiger partial charge is 0.249 e. The molecule has 7 heteroatoms. The first-order valence-electron chi connectivity index (χ1n) is 10.6. The van der Waals surface area contributed by atoms with Gasteiger partial charge in [-0.05, 0) is 61.6 Å². The van der Waals surface area contributed by atoms with E-state index in [0.29, 0.717) is 11.6 Å². The minimum atomic E-state index is -0.00101. The standard InChI is InChI=1S/C24H24N6O/c1-16-6-3-2-4-7-18(16)14-25-21-13-12-19(15-26-21)20-8-5-9-22-27-24(29-30(20)22)28-23(31)17-10-11-17/h2,4-9,12-13,15,17H,3,10-11,14H2,1H3,(H,25,26)(H,28,29,31). The van der Waals surface area contributed by atoms with Crippen molar-refractivity contribution in [1.82, 2.24) is 19.6 Å². The van der Waals surface area contributed by atoms with Crippen molar-refractivity contribution in [1.29, 1.82) is 0 Å². The van der Waals surface area contributed by atoms with Gasteiger partial charge in [0, 0.05) is 24.2 Å². The summed E-state index contributed by atoms with van der Waals surface area (Å²) < 4.78 is 1.74. The van der Waals surface area contributed by atoms with E-state index in [0.717, 1.165) is 42.9 Å². The Morgan fingerprint density at radius 3 is 2.94 bits per heavy atom. The molecular weight excluding hydrogens is 388 g/mol. The van der Waals surface area contributed by atoms with Gasteiger partial charge in [0.25, 0.3) is 0 Å². The van der Waals surface area contributed by atoms with Crippen molar-refractivity contribution in [3.8, 4) is 11.3 Å². The Balaban J connectivity index is 1.33. The topological polar surface area (TPSA) is 84.2 Å². The first-order valence-corrected chi connectivity index (χ1v) is 10.6. The van der Waals surface area contributed by atoms with Gasteiger partial charge < -0.3 is 5.32 Å². The molecule has 3 heterocycles. The lowest BCUT2D eigenvalue weighted by molar-refractivity contribution is -0.117. The molecule has 1 amide bonds. The second kappa shape index (κ2) is 8.18. The highest BCUT2D eigenvalue weighted by molar-refractivity contribution is 5.92. The van der Waals surface area contributed by atoms with Crippen LogP contribution in [0.1, 0.15) is 26.2 Å². The number of nitrogens with zero attached hydrogens (tertiary/aromatic N) is 4. The summed E-state index contributed by atoms with van der Waals surface area (Å²) in [6.07, 6.45) is 13.3. The highest BCUT2D eigenvalue weighted by Crippen LogP contribution is 2.30. The summed E-state index contributed by atoms with van der Waals surface area (Å²) >= 11 is 0. The molecule has 0 spiro atoms. The number of hydrogen-bond acceptors (Lipinski definition) is 5. The third kappa shape index (κ3) is 4.26. The zero-order valence-corrected chi connectivity index (χ0v) is 17.4. The highest BCUT2D eigenvalue weighted by atomic mass is 16.2. The Morgan fingerprint density at radius 2 is 2.13 bits per heavy atom. The summed E-state index contributed by atoms with van der Waals surface area (Å²) in [5.74, 6) is 1.26. The van der Waals surface area contributed by atoms with Crippen LogP contribution in [0, 0.1) is 5.92 Å². The van der Waals surface area contributed by atoms with E-state index in [2.05, 4.69) is 56.9 Å². The van der Waals surface area contributed by atoms with Crippen LogP contribution in [0.2, 0.25) is 0 Å². The van der Waals surface area contributed by atoms with Crippen LogP contribution in [-0.4, -0.2) is 32.0 Å². The molecule has 156 valence electrons. The molecule has 2 N–H and O–H groups in total. The molecule has 0 aliphatic heterocycles. The Bertz CT molecular complexity index is 1210. The Labute approximate surface area is 180 Å². The molecule has 0 radical (unpaired) electrons. The number of hydrogen-bond donors (Lipinski definition) is 2. The normalized spacial score (nSPS) is 15.9. The minimum absolute atomic E-state index is 0.00101. The second-order valence-corrected chi connectivity index (χ2v) is 7.91. The van der Waals surface area contributed by atoms with Gasteiger partial charge in [-0.1, -0.05) is 30.4 Å². The summed E-state index contributed by atoms with van der Waals surface area (Å²) in [5, 5.41) is 10.7. The van der Waals surface area contributed by atoms with Crippen molar-refractivity contribution >= 4 is 23.3 Å². The molecule has 3 aromatic rings. The molecule has 0 unspecified atom stereocenters. The maximum atomic E-state index is 12.0. The van der Waals surface area contributed by atoms with Gasteiger partial charge in [0.05, 0.1) is 5.69 Å². The van der Waals surface area contributed by atoms with Gasteiger partial charge in [-0.2, -0.15) is 4.98 Å². The third-order valence-corrected chi connectivity index (χ3v) is 5.56. The Kier molecular flexibility index (Phi) is 5.08. The molecule has 0 saturated heterocycles. The van der Waals surface area contributed by atoms with Crippen molar-refractivity contribution in [3.05, 3.63) is 72.0 Å². The van der Waals surface area contributed by atoms with E-state index in [1.165, 1.54) is 11.1 Å². The lowest BCUT2D eigenvalue weighted by Gasteiger charge is -2.10. The first kappa shape index (κ1) is 19.2. The zero-order chi connectivity index (χ0) is 21.2. The lowest BCUT2D eigenvalue weighted by atomic mass is 10.1. The van der Waals surface area contributed by atoms with Gasteiger partial charge >= 0.3 is 0 Å². The molecule has 0 bridgehead atoms. The van der Waals surface area contributed by atoms with Gasteiger partial charge in [0.2, 0.25) is 11.9 Å². The molecule has 7 nitrogen and oxygen atoms in total. The lowest BCUT2D eigenvalue weighted by Crippen LogP contribution is -2.14. The maximum Gasteiger partial charge on any atom is 0.249 e. The SMILES string of the molecule is CC1=CCC=CC=C1CNc1ccc(-c2cccc3nc(NC(=O)C4CC4)nn23)cn1. The number of allylic oxidation sites excluding steroid dienone is 4. The van der Waals surface area contributed by atoms with Crippen LogP contribution in [0.4, 0.5) is 11.8 Å². The van der Waals surface area contributed by atoms with E-state index in [1.807, 2.05) is 36.5 Å². The van der Waals surface area contributed by atoms with Crippen LogP contribution < -0.4 is 10.6 Å². The molecule has 2 aliphatic carbocycles. The molecule has 1 saturated carbocycles. The fraction of sp³-hybridized carbons (Fsp3) is 0.250. The monoisotopic (exact) mass is 412 g/mol. The molecular formula is C24H24N6O. The van der Waals surface area contributed by atoms with Gasteiger partial charge in [0.1, 0.15) is 5.82 Å². The van der Waals surface area contributed by atoms with Gasteiger partial charge in [-0.15, -0.1) is 5.10 Å². The summed E-state index contributed by atoms with van der Waals surface area (Å²) in [6, 6.07) is 9.75. The highest BCUT2D eigenvalue weighted by Gasteiger charge is 2.30. The van der Waals surface area contributed by atoms with Crippen molar-refractivity contribution in [3.63, 3.8) is 0 Å². The third-order valence-electron chi connectivity index (χ3n) is 5.56. The maximum absolute atomic E-state index is 12.0. The largest absolute Gasteiger partial charge is 0.366 e. The molecule has 5 rings (SSSR count). The minimum Gasteiger partial charge on any atom is -0.366 e. The Morgan fingerprint density at radius 1 is 1.23 bits per heavy atom. The van der Waals surface area contributed by atoms with E-state index in [9.17, 15) is 4.79 Å². The van der Waals surface area contributed by atoms with Crippen LogP contribution in [0.15, 0.2) is 72.0 Å². The first-order chi connectivity index (χ1) is 15.2.